The first-order valence-corrected chi connectivity index (χ1v) is 8.77. The van der Waals surface area contributed by atoms with Crippen LogP contribution in [-0.4, -0.2) is 62.7 Å². The average molecular weight is 351 g/mol. The Bertz CT molecular complexity index is 564. The van der Waals surface area contributed by atoms with Gasteiger partial charge >= 0.3 is 0 Å². The summed E-state index contributed by atoms with van der Waals surface area (Å²) >= 11 is 0. The van der Waals surface area contributed by atoms with E-state index in [1.807, 2.05) is 6.92 Å². The molecule has 2 rings (SSSR count). The van der Waals surface area contributed by atoms with Crippen LogP contribution in [0.3, 0.4) is 0 Å². The van der Waals surface area contributed by atoms with Gasteiger partial charge in [0, 0.05) is 39.3 Å². The molecule has 8 heteroatoms. The Balaban J connectivity index is 1.84. The van der Waals surface area contributed by atoms with Crippen molar-refractivity contribution < 1.29 is 13.9 Å². The van der Waals surface area contributed by atoms with E-state index in [9.17, 15) is 4.79 Å². The maximum Gasteiger partial charge on any atom is 0.284 e. The molecule has 1 amide bonds. The number of nitrogens with zero attached hydrogens (tertiary/aromatic N) is 2. The zero-order valence-electron chi connectivity index (χ0n) is 15.1. The molecule has 0 aromatic carbocycles. The number of guanidine groups is 1. The van der Waals surface area contributed by atoms with Gasteiger partial charge in [-0.2, -0.15) is 0 Å². The number of ether oxygens (including phenoxy) is 1. The molecule has 1 aromatic heterocycles. The molecule has 0 spiro atoms. The molecule has 0 bridgehead atoms. The lowest BCUT2D eigenvalue weighted by Gasteiger charge is -2.32. The maximum absolute atomic E-state index is 11.1. The summed E-state index contributed by atoms with van der Waals surface area (Å²) in [6.07, 6.45) is 2.14. The number of primary amides is 1. The van der Waals surface area contributed by atoms with Crippen LogP contribution in [0.5, 0.6) is 0 Å². The molecule has 0 radical (unpaired) electrons. The smallest absolute Gasteiger partial charge is 0.284 e. The zero-order chi connectivity index (χ0) is 18.1. The molecule has 1 aliphatic rings. The molecule has 0 atom stereocenters. The number of hydrogen-bond donors (Lipinski definition) is 3. The summed E-state index contributed by atoms with van der Waals surface area (Å²) in [5, 5.41) is 6.73. The van der Waals surface area contributed by atoms with Crippen LogP contribution in [-0.2, 0) is 11.3 Å². The zero-order valence-corrected chi connectivity index (χ0v) is 15.1. The number of carbonyl (C=O) groups is 1. The molecule has 25 heavy (non-hydrogen) atoms. The predicted molar refractivity (Wildman–Crippen MR) is 96.5 cm³/mol. The van der Waals surface area contributed by atoms with Gasteiger partial charge in [-0.15, -0.1) is 0 Å². The Morgan fingerprint density at radius 1 is 1.44 bits per heavy atom. The third kappa shape index (κ3) is 6.39. The fourth-order valence-corrected chi connectivity index (χ4v) is 2.79. The Labute approximate surface area is 148 Å². The van der Waals surface area contributed by atoms with E-state index in [1.165, 1.54) is 0 Å². The summed E-state index contributed by atoms with van der Waals surface area (Å²) in [5.41, 5.74) is 5.19. The summed E-state index contributed by atoms with van der Waals surface area (Å²) in [6.45, 7) is 7.04. The van der Waals surface area contributed by atoms with Gasteiger partial charge in [0.1, 0.15) is 12.3 Å². The molecule has 4 N–H and O–H groups in total. The Morgan fingerprint density at radius 2 is 2.20 bits per heavy atom. The van der Waals surface area contributed by atoms with E-state index in [2.05, 4.69) is 20.5 Å². The monoisotopic (exact) mass is 351 g/mol. The van der Waals surface area contributed by atoms with Gasteiger partial charge in [-0.1, -0.05) is 0 Å². The van der Waals surface area contributed by atoms with Crippen LogP contribution in [0.15, 0.2) is 21.5 Å². The van der Waals surface area contributed by atoms with Crippen molar-refractivity contribution in [1.82, 2.24) is 15.5 Å². The molecule has 1 fully saturated rings. The van der Waals surface area contributed by atoms with Crippen LogP contribution in [0.2, 0.25) is 0 Å². The van der Waals surface area contributed by atoms with Crippen molar-refractivity contribution in [3.8, 4) is 0 Å². The number of piperidine rings is 1. The minimum Gasteiger partial charge on any atom is -0.454 e. The summed E-state index contributed by atoms with van der Waals surface area (Å²) in [4.78, 5) is 18.0. The number of rotatable bonds is 8. The molecule has 8 nitrogen and oxygen atoms in total. The quantitative estimate of drug-likeness (QED) is 0.466. The van der Waals surface area contributed by atoms with Crippen molar-refractivity contribution in [3.05, 3.63) is 23.7 Å². The first-order chi connectivity index (χ1) is 12.1. The second-order valence-electron chi connectivity index (χ2n) is 6.08. The first-order valence-electron chi connectivity index (χ1n) is 8.77. The number of likely N-dealkylation sites (tertiary alicyclic amines) is 1. The minimum atomic E-state index is -0.569. The van der Waals surface area contributed by atoms with Crippen LogP contribution >= 0.6 is 0 Å². The van der Waals surface area contributed by atoms with Gasteiger partial charge in [0.05, 0.1) is 6.61 Å². The number of hydrogen-bond acceptors (Lipinski definition) is 5. The first kappa shape index (κ1) is 19.3. The number of methoxy groups -OCH3 is 1. The molecular formula is C17H29N5O3. The van der Waals surface area contributed by atoms with Crippen LogP contribution in [0.1, 0.15) is 36.1 Å². The maximum atomic E-state index is 11.1. The number of amides is 1. The van der Waals surface area contributed by atoms with Crippen molar-refractivity contribution in [2.75, 3.05) is 39.9 Å². The lowest BCUT2D eigenvalue weighted by molar-refractivity contribution is 0.0972. The SMILES string of the molecule is CCNC(=NCc1ccc(C(N)=O)o1)NC1CCN(CCOC)CC1. The normalized spacial score (nSPS) is 16.8. The van der Waals surface area contributed by atoms with Crippen molar-refractivity contribution in [2.45, 2.75) is 32.4 Å². The van der Waals surface area contributed by atoms with Crippen LogP contribution in [0, 0.1) is 0 Å². The van der Waals surface area contributed by atoms with E-state index < -0.39 is 5.91 Å². The number of nitrogens with two attached hydrogens (primary N) is 1. The fraction of sp³-hybridized carbons (Fsp3) is 0.647. The number of furan rings is 1. The van der Waals surface area contributed by atoms with Gasteiger partial charge in [-0.05, 0) is 31.9 Å². The molecule has 0 saturated carbocycles. The summed E-state index contributed by atoms with van der Waals surface area (Å²) in [7, 11) is 1.73. The standard InChI is InChI=1S/C17H29N5O3/c1-3-19-17(20-12-14-4-5-15(25-14)16(18)23)21-13-6-8-22(9-7-13)10-11-24-2/h4-5,13H,3,6-12H2,1-2H3,(H2,18,23)(H2,19,20,21). The van der Waals surface area contributed by atoms with Crippen LogP contribution in [0.4, 0.5) is 0 Å². The summed E-state index contributed by atoms with van der Waals surface area (Å²) < 4.78 is 10.5. The molecular weight excluding hydrogens is 322 g/mol. The lowest BCUT2D eigenvalue weighted by Crippen LogP contribution is -2.49. The number of aliphatic imine (C=N–C) groups is 1. The lowest BCUT2D eigenvalue weighted by atomic mass is 10.1. The van der Waals surface area contributed by atoms with Gasteiger partial charge in [0.15, 0.2) is 11.7 Å². The molecule has 0 aliphatic carbocycles. The van der Waals surface area contributed by atoms with E-state index >= 15 is 0 Å². The molecule has 1 saturated heterocycles. The number of nitrogens with one attached hydrogen (secondary N) is 2. The molecule has 0 unspecified atom stereocenters. The van der Waals surface area contributed by atoms with Crippen molar-refractivity contribution in [2.24, 2.45) is 10.7 Å². The summed E-state index contributed by atoms with van der Waals surface area (Å²) in [5.74, 6) is 0.960. The highest BCUT2D eigenvalue weighted by Gasteiger charge is 2.19. The van der Waals surface area contributed by atoms with Crippen molar-refractivity contribution in [1.29, 1.82) is 0 Å². The summed E-state index contributed by atoms with van der Waals surface area (Å²) in [6, 6.07) is 3.69. The highest BCUT2D eigenvalue weighted by molar-refractivity contribution is 5.89. The van der Waals surface area contributed by atoms with Crippen LogP contribution in [0.25, 0.3) is 0 Å². The van der Waals surface area contributed by atoms with E-state index in [0.717, 1.165) is 51.6 Å². The number of carbonyl (C=O) groups excluding carboxylic acids is 1. The molecule has 1 aliphatic heterocycles. The van der Waals surface area contributed by atoms with E-state index in [0.29, 0.717) is 18.3 Å². The molecule has 140 valence electrons. The van der Waals surface area contributed by atoms with E-state index in [-0.39, 0.29) is 5.76 Å². The second kappa shape index (κ2) is 10.0. The topological polar surface area (TPSA) is 105 Å². The van der Waals surface area contributed by atoms with Crippen molar-refractivity contribution in [3.63, 3.8) is 0 Å². The van der Waals surface area contributed by atoms with E-state index in [4.69, 9.17) is 14.9 Å². The molecule has 1 aromatic rings. The fourth-order valence-electron chi connectivity index (χ4n) is 2.79. The predicted octanol–water partition coefficient (Wildman–Crippen LogP) is 0.544. The van der Waals surface area contributed by atoms with E-state index in [1.54, 1.807) is 19.2 Å². The highest BCUT2D eigenvalue weighted by Crippen LogP contribution is 2.11. The van der Waals surface area contributed by atoms with Crippen molar-refractivity contribution >= 4 is 11.9 Å². The second-order valence-corrected chi connectivity index (χ2v) is 6.08. The largest absolute Gasteiger partial charge is 0.454 e. The Hall–Kier alpha value is -2.06. The van der Waals surface area contributed by atoms with Gasteiger partial charge in [-0.3, -0.25) is 4.79 Å². The minimum absolute atomic E-state index is 0.159. The Kier molecular flexibility index (Phi) is 7.75. The third-order valence-electron chi connectivity index (χ3n) is 4.18. The third-order valence-corrected chi connectivity index (χ3v) is 4.18. The van der Waals surface area contributed by atoms with Gasteiger partial charge in [0.25, 0.3) is 5.91 Å². The Morgan fingerprint density at radius 3 is 2.80 bits per heavy atom. The van der Waals surface area contributed by atoms with Gasteiger partial charge < -0.3 is 30.4 Å². The molecule has 2 heterocycles. The van der Waals surface area contributed by atoms with Crippen LogP contribution < -0.4 is 16.4 Å². The highest BCUT2D eigenvalue weighted by atomic mass is 16.5. The van der Waals surface area contributed by atoms with Gasteiger partial charge in [0.2, 0.25) is 0 Å². The average Bonchev–Trinajstić information content (AvgIpc) is 3.08. The van der Waals surface area contributed by atoms with Gasteiger partial charge in [-0.25, -0.2) is 4.99 Å².